The van der Waals surface area contributed by atoms with E-state index in [-0.39, 0.29) is 5.82 Å². The number of hydrogen-bond acceptors (Lipinski definition) is 2. The van der Waals surface area contributed by atoms with Crippen molar-refractivity contribution in [2.24, 2.45) is 0 Å². The Morgan fingerprint density at radius 1 is 1.29 bits per heavy atom. The van der Waals surface area contributed by atoms with Gasteiger partial charge in [0.15, 0.2) is 0 Å². The first-order valence-corrected chi connectivity index (χ1v) is 5.06. The van der Waals surface area contributed by atoms with E-state index in [4.69, 9.17) is 11.6 Å². The first-order chi connectivity index (χ1) is 6.77. The normalized spacial score (nSPS) is 17.1. The summed E-state index contributed by atoms with van der Waals surface area (Å²) in [6.45, 7) is 3.75. The molecule has 2 nitrogen and oxygen atoms in total. The van der Waals surface area contributed by atoms with Gasteiger partial charge >= 0.3 is 0 Å². The molecule has 0 spiro atoms. The van der Waals surface area contributed by atoms with Gasteiger partial charge in [-0.3, -0.25) is 0 Å². The average Bonchev–Trinajstić information content (AvgIpc) is 2.19. The van der Waals surface area contributed by atoms with Crippen molar-refractivity contribution in [2.45, 2.75) is 0 Å². The van der Waals surface area contributed by atoms with Gasteiger partial charge in [-0.2, -0.15) is 0 Å². The largest absolute Gasteiger partial charge is 0.368 e. The number of halogens is 2. The summed E-state index contributed by atoms with van der Waals surface area (Å²) in [5.74, 6) is -0.283. The minimum Gasteiger partial charge on any atom is -0.368 e. The second-order valence-electron chi connectivity index (χ2n) is 3.33. The summed E-state index contributed by atoms with van der Waals surface area (Å²) < 4.78 is 12.8. The van der Waals surface area contributed by atoms with Crippen molar-refractivity contribution in [3.63, 3.8) is 0 Å². The summed E-state index contributed by atoms with van der Waals surface area (Å²) in [5.41, 5.74) is 0.926. The van der Waals surface area contributed by atoms with Crippen LogP contribution in [0.25, 0.3) is 0 Å². The van der Waals surface area contributed by atoms with Gasteiger partial charge in [-0.15, -0.1) is 0 Å². The second-order valence-corrected chi connectivity index (χ2v) is 3.74. The van der Waals surface area contributed by atoms with Crippen LogP contribution in [-0.2, 0) is 0 Å². The van der Waals surface area contributed by atoms with Gasteiger partial charge in [-0.25, -0.2) is 4.39 Å². The molecule has 0 radical (unpaired) electrons. The van der Waals surface area contributed by atoms with Crippen LogP contribution in [0.15, 0.2) is 18.2 Å². The Morgan fingerprint density at radius 2 is 2.00 bits per heavy atom. The van der Waals surface area contributed by atoms with E-state index in [0.29, 0.717) is 5.02 Å². The lowest BCUT2D eigenvalue weighted by molar-refractivity contribution is 0.587. The Hall–Kier alpha value is -0.800. The first-order valence-electron chi connectivity index (χ1n) is 4.68. The standard InChI is InChI=1S/C10H12ClFN2/c11-9-7-8(12)1-2-10(9)14-5-3-13-4-6-14/h1-2,7,13H,3-6H2. The summed E-state index contributed by atoms with van der Waals surface area (Å²) in [6, 6.07) is 4.55. The minimum atomic E-state index is -0.283. The predicted molar refractivity (Wildman–Crippen MR) is 56.5 cm³/mol. The first kappa shape index (κ1) is 9.74. The Morgan fingerprint density at radius 3 is 2.64 bits per heavy atom. The number of anilines is 1. The van der Waals surface area contributed by atoms with Crippen molar-refractivity contribution >= 4 is 17.3 Å². The fourth-order valence-corrected chi connectivity index (χ4v) is 1.93. The highest BCUT2D eigenvalue weighted by molar-refractivity contribution is 6.33. The molecule has 14 heavy (non-hydrogen) atoms. The van der Waals surface area contributed by atoms with Gasteiger partial charge in [0.05, 0.1) is 10.7 Å². The summed E-state index contributed by atoms with van der Waals surface area (Å²) in [7, 11) is 0. The quantitative estimate of drug-likeness (QED) is 0.768. The Kier molecular flexibility index (Phi) is 2.89. The molecule has 1 N–H and O–H groups in total. The topological polar surface area (TPSA) is 15.3 Å². The van der Waals surface area contributed by atoms with Crippen LogP contribution in [0.2, 0.25) is 5.02 Å². The third kappa shape index (κ3) is 1.99. The molecule has 1 aliphatic rings. The molecule has 1 saturated heterocycles. The lowest BCUT2D eigenvalue weighted by atomic mass is 10.2. The third-order valence-electron chi connectivity index (χ3n) is 2.37. The SMILES string of the molecule is Fc1ccc(N2CCNCC2)c(Cl)c1. The molecule has 0 atom stereocenters. The van der Waals surface area contributed by atoms with Gasteiger partial charge in [0.1, 0.15) is 5.82 Å². The molecule has 76 valence electrons. The summed E-state index contributed by atoms with van der Waals surface area (Å²) in [5, 5.41) is 3.75. The molecule has 1 heterocycles. The highest BCUT2D eigenvalue weighted by atomic mass is 35.5. The van der Waals surface area contributed by atoms with E-state index >= 15 is 0 Å². The average molecular weight is 215 g/mol. The molecule has 1 fully saturated rings. The van der Waals surface area contributed by atoms with Crippen molar-refractivity contribution in [3.05, 3.63) is 29.0 Å². The fourth-order valence-electron chi connectivity index (χ4n) is 1.64. The zero-order valence-corrected chi connectivity index (χ0v) is 8.52. The van der Waals surface area contributed by atoms with Crippen LogP contribution in [0, 0.1) is 5.82 Å². The molecular formula is C10H12ClFN2. The molecule has 2 rings (SSSR count). The summed E-state index contributed by atoms with van der Waals surface area (Å²) >= 11 is 5.96. The molecule has 0 bridgehead atoms. The van der Waals surface area contributed by atoms with Gasteiger partial charge < -0.3 is 10.2 Å². The number of nitrogens with one attached hydrogen (secondary N) is 1. The maximum Gasteiger partial charge on any atom is 0.124 e. The maximum absolute atomic E-state index is 12.8. The van der Waals surface area contributed by atoms with E-state index in [0.717, 1.165) is 31.9 Å². The van der Waals surface area contributed by atoms with Crippen molar-refractivity contribution < 1.29 is 4.39 Å². The lowest BCUT2D eigenvalue weighted by Gasteiger charge is -2.30. The molecule has 1 aliphatic heterocycles. The molecular weight excluding hydrogens is 203 g/mol. The third-order valence-corrected chi connectivity index (χ3v) is 2.67. The Balaban J connectivity index is 2.22. The Bertz CT molecular complexity index is 324. The maximum atomic E-state index is 12.8. The van der Waals surface area contributed by atoms with Gasteiger partial charge in [0.25, 0.3) is 0 Å². The predicted octanol–water partition coefficient (Wildman–Crippen LogP) is 1.89. The molecule has 1 aromatic carbocycles. The van der Waals surface area contributed by atoms with Crippen LogP contribution in [0.1, 0.15) is 0 Å². The molecule has 0 amide bonds. The van der Waals surface area contributed by atoms with Crippen LogP contribution in [0.5, 0.6) is 0 Å². The van der Waals surface area contributed by atoms with Crippen molar-refractivity contribution in [2.75, 3.05) is 31.1 Å². The minimum absolute atomic E-state index is 0.283. The second kappa shape index (κ2) is 4.15. The van der Waals surface area contributed by atoms with Crippen LogP contribution in [-0.4, -0.2) is 26.2 Å². The molecule has 0 saturated carbocycles. The van der Waals surface area contributed by atoms with E-state index < -0.39 is 0 Å². The molecule has 1 aromatic rings. The monoisotopic (exact) mass is 214 g/mol. The summed E-state index contributed by atoms with van der Waals surface area (Å²) in [6.07, 6.45) is 0. The molecule has 0 aromatic heterocycles. The van der Waals surface area contributed by atoms with Crippen molar-refractivity contribution in [3.8, 4) is 0 Å². The Labute approximate surface area is 87.7 Å². The smallest absolute Gasteiger partial charge is 0.124 e. The number of benzene rings is 1. The molecule has 4 heteroatoms. The van der Waals surface area contributed by atoms with E-state index in [1.54, 1.807) is 6.07 Å². The van der Waals surface area contributed by atoms with Gasteiger partial charge in [0, 0.05) is 26.2 Å². The molecule has 0 unspecified atom stereocenters. The van der Waals surface area contributed by atoms with Gasteiger partial charge in [-0.1, -0.05) is 11.6 Å². The number of nitrogens with zero attached hydrogens (tertiary/aromatic N) is 1. The zero-order valence-electron chi connectivity index (χ0n) is 7.76. The number of rotatable bonds is 1. The number of piperazine rings is 1. The van der Waals surface area contributed by atoms with Crippen LogP contribution >= 0.6 is 11.6 Å². The van der Waals surface area contributed by atoms with Crippen LogP contribution < -0.4 is 10.2 Å². The van der Waals surface area contributed by atoms with Gasteiger partial charge in [-0.05, 0) is 18.2 Å². The molecule has 0 aliphatic carbocycles. The van der Waals surface area contributed by atoms with Crippen molar-refractivity contribution in [1.29, 1.82) is 0 Å². The van der Waals surface area contributed by atoms with E-state index in [1.807, 2.05) is 0 Å². The highest BCUT2D eigenvalue weighted by Crippen LogP contribution is 2.26. The van der Waals surface area contributed by atoms with Crippen molar-refractivity contribution in [1.82, 2.24) is 5.32 Å². The number of hydrogen-bond donors (Lipinski definition) is 1. The van der Waals surface area contributed by atoms with Crippen LogP contribution in [0.4, 0.5) is 10.1 Å². The highest BCUT2D eigenvalue weighted by Gasteiger charge is 2.13. The van der Waals surface area contributed by atoms with E-state index in [1.165, 1.54) is 12.1 Å². The fraction of sp³-hybridized carbons (Fsp3) is 0.400. The van der Waals surface area contributed by atoms with E-state index in [9.17, 15) is 4.39 Å². The van der Waals surface area contributed by atoms with E-state index in [2.05, 4.69) is 10.2 Å². The summed E-state index contributed by atoms with van der Waals surface area (Å²) in [4.78, 5) is 2.16. The zero-order chi connectivity index (χ0) is 9.97. The van der Waals surface area contributed by atoms with Crippen LogP contribution in [0.3, 0.4) is 0 Å². The van der Waals surface area contributed by atoms with Gasteiger partial charge in [0.2, 0.25) is 0 Å². The lowest BCUT2D eigenvalue weighted by Crippen LogP contribution is -2.43.